The van der Waals surface area contributed by atoms with Crippen LogP contribution < -0.4 is 4.90 Å². The average Bonchev–Trinajstić information content (AvgIpc) is 2.96. The Morgan fingerprint density at radius 3 is 2.82 bits per heavy atom. The van der Waals surface area contributed by atoms with E-state index in [0.717, 1.165) is 17.0 Å². The Morgan fingerprint density at radius 1 is 1.24 bits per heavy atom. The van der Waals surface area contributed by atoms with Gasteiger partial charge in [0.2, 0.25) is 0 Å². The number of hydrogen-bond acceptors (Lipinski definition) is 6. The molecular formula is C10H10N6S. The molecule has 6 nitrogen and oxygen atoms in total. The number of hydrogen-bond donors (Lipinski definition) is 1. The van der Waals surface area contributed by atoms with Crippen molar-refractivity contribution in [3.05, 3.63) is 17.5 Å². The van der Waals surface area contributed by atoms with Crippen molar-refractivity contribution in [2.45, 2.75) is 0 Å². The minimum atomic E-state index is 0.694. The summed E-state index contributed by atoms with van der Waals surface area (Å²) in [5, 5.41) is 5.83. The predicted octanol–water partition coefficient (Wildman–Crippen LogP) is 1.54. The third-order valence-corrected chi connectivity index (χ3v) is 2.90. The molecule has 0 aliphatic rings. The summed E-state index contributed by atoms with van der Waals surface area (Å²) in [7, 11) is 3.90. The lowest BCUT2D eigenvalue weighted by atomic mass is 10.4. The number of nitrogens with one attached hydrogen (secondary N) is 1. The van der Waals surface area contributed by atoms with Gasteiger partial charge >= 0.3 is 0 Å². The van der Waals surface area contributed by atoms with E-state index in [0.29, 0.717) is 11.5 Å². The molecule has 0 aromatic carbocycles. The van der Waals surface area contributed by atoms with E-state index in [1.165, 1.54) is 11.5 Å². The molecule has 3 rings (SSSR count). The normalized spacial score (nSPS) is 10.9. The summed E-state index contributed by atoms with van der Waals surface area (Å²) in [4.78, 5) is 14.0. The molecule has 0 saturated heterocycles. The van der Waals surface area contributed by atoms with Gasteiger partial charge in [-0.1, -0.05) is 4.49 Å². The van der Waals surface area contributed by atoms with Crippen LogP contribution in [0.4, 0.5) is 5.82 Å². The maximum Gasteiger partial charge on any atom is 0.180 e. The number of imidazole rings is 1. The van der Waals surface area contributed by atoms with Gasteiger partial charge in [-0.15, -0.1) is 5.10 Å². The van der Waals surface area contributed by atoms with E-state index < -0.39 is 0 Å². The molecule has 0 fully saturated rings. The Hall–Kier alpha value is -2.02. The van der Waals surface area contributed by atoms with Crippen molar-refractivity contribution >= 4 is 28.5 Å². The van der Waals surface area contributed by atoms with Gasteiger partial charge in [-0.25, -0.2) is 9.97 Å². The predicted molar refractivity (Wildman–Crippen MR) is 67.1 cm³/mol. The van der Waals surface area contributed by atoms with E-state index in [-0.39, 0.29) is 0 Å². The summed E-state index contributed by atoms with van der Waals surface area (Å²) in [6.07, 6.45) is 0. The number of H-pyrrole nitrogens is 1. The first-order chi connectivity index (χ1) is 8.24. The van der Waals surface area contributed by atoms with Gasteiger partial charge in [0.25, 0.3) is 0 Å². The molecule has 0 amide bonds. The Morgan fingerprint density at radius 2 is 2.12 bits per heavy atom. The van der Waals surface area contributed by atoms with Crippen LogP contribution in [0.25, 0.3) is 22.7 Å². The summed E-state index contributed by atoms with van der Waals surface area (Å²) in [5.41, 5.74) is 2.34. The Bertz CT molecular complexity index is 642. The minimum Gasteiger partial charge on any atom is -0.363 e. The molecule has 0 aliphatic heterocycles. The van der Waals surface area contributed by atoms with Crippen LogP contribution in [-0.2, 0) is 0 Å². The molecular weight excluding hydrogens is 236 g/mol. The highest BCUT2D eigenvalue weighted by molar-refractivity contribution is 7.03. The SMILES string of the molecule is CN(C)c1ccc2[nH]c(-c3csnn3)nc2n1. The standard InChI is InChI=1S/C10H10N6S/c1-16(2)8-4-3-6-9(12-8)13-10(11-6)7-5-17-15-14-7/h3-5H,1-2H3,(H,11,12,13). The van der Waals surface area contributed by atoms with Crippen LogP contribution >= 0.6 is 11.5 Å². The van der Waals surface area contributed by atoms with Crippen molar-refractivity contribution in [1.82, 2.24) is 24.5 Å². The van der Waals surface area contributed by atoms with Gasteiger partial charge in [-0.2, -0.15) is 0 Å². The summed E-state index contributed by atoms with van der Waals surface area (Å²) in [6, 6.07) is 3.91. The monoisotopic (exact) mass is 246 g/mol. The van der Waals surface area contributed by atoms with E-state index in [1.807, 2.05) is 36.5 Å². The zero-order chi connectivity index (χ0) is 11.8. The molecule has 0 saturated carbocycles. The molecule has 0 spiro atoms. The lowest BCUT2D eigenvalue weighted by Gasteiger charge is -2.09. The van der Waals surface area contributed by atoms with E-state index in [1.54, 1.807) is 0 Å². The van der Waals surface area contributed by atoms with E-state index in [2.05, 4.69) is 24.5 Å². The molecule has 0 unspecified atom stereocenters. The van der Waals surface area contributed by atoms with Gasteiger partial charge < -0.3 is 9.88 Å². The summed E-state index contributed by atoms with van der Waals surface area (Å²) in [6.45, 7) is 0. The number of pyridine rings is 1. The first kappa shape index (κ1) is 10.2. The van der Waals surface area contributed by atoms with Gasteiger partial charge in [0, 0.05) is 19.5 Å². The highest BCUT2D eigenvalue weighted by atomic mass is 32.1. The fraction of sp³-hybridized carbons (Fsp3) is 0.200. The van der Waals surface area contributed by atoms with Gasteiger partial charge in [0.05, 0.1) is 5.52 Å². The quantitative estimate of drug-likeness (QED) is 0.742. The van der Waals surface area contributed by atoms with Crippen molar-refractivity contribution < 1.29 is 0 Å². The fourth-order valence-corrected chi connectivity index (χ4v) is 1.96. The van der Waals surface area contributed by atoms with Gasteiger partial charge in [-0.3, -0.25) is 0 Å². The van der Waals surface area contributed by atoms with E-state index >= 15 is 0 Å². The van der Waals surface area contributed by atoms with Crippen molar-refractivity contribution in [3.63, 3.8) is 0 Å². The minimum absolute atomic E-state index is 0.694. The first-order valence-corrected chi connectivity index (χ1v) is 5.89. The lowest BCUT2D eigenvalue weighted by molar-refractivity contribution is 1.08. The number of aromatic amines is 1. The maximum absolute atomic E-state index is 4.44. The number of anilines is 1. The third kappa shape index (κ3) is 1.74. The molecule has 3 heterocycles. The first-order valence-electron chi connectivity index (χ1n) is 5.05. The van der Waals surface area contributed by atoms with Crippen LogP contribution in [0, 0.1) is 0 Å². The number of nitrogens with zero attached hydrogens (tertiary/aromatic N) is 5. The third-order valence-electron chi connectivity index (χ3n) is 2.39. The molecule has 7 heteroatoms. The number of aromatic nitrogens is 5. The van der Waals surface area contributed by atoms with Crippen LogP contribution in [0.3, 0.4) is 0 Å². The molecule has 0 bridgehead atoms. The van der Waals surface area contributed by atoms with Crippen molar-refractivity contribution in [1.29, 1.82) is 0 Å². The second-order valence-corrected chi connectivity index (χ2v) is 4.42. The van der Waals surface area contributed by atoms with Gasteiger partial charge in [0.15, 0.2) is 11.5 Å². The average molecular weight is 246 g/mol. The van der Waals surface area contributed by atoms with Crippen LogP contribution in [0.15, 0.2) is 17.5 Å². The van der Waals surface area contributed by atoms with Crippen molar-refractivity contribution in [2.24, 2.45) is 0 Å². The van der Waals surface area contributed by atoms with Gasteiger partial charge in [0.1, 0.15) is 11.5 Å². The second kappa shape index (κ2) is 3.77. The zero-order valence-corrected chi connectivity index (χ0v) is 10.2. The Balaban J connectivity index is 2.13. The summed E-state index contributed by atoms with van der Waals surface area (Å²) in [5.74, 6) is 1.59. The topological polar surface area (TPSA) is 70.6 Å². The van der Waals surface area contributed by atoms with Crippen LogP contribution in [0.5, 0.6) is 0 Å². The smallest absolute Gasteiger partial charge is 0.180 e. The lowest BCUT2D eigenvalue weighted by Crippen LogP contribution is -2.10. The Kier molecular flexibility index (Phi) is 2.25. The number of fused-ring (bicyclic) bond motifs is 1. The molecule has 17 heavy (non-hydrogen) atoms. The van der Waals surface area contributed by atoms with Crippen molar-refractivity contribution in [3.8, 4) is 11.5 Å². The molecule has 0 radical (unpaired) electrons. The molecule has 1 N–H and O–H groups in total. The van der Waals surface area contributed by atoms with E-state index in [9.17, 15) is 0 Å². The highest BCUT2D eigenvalue weighted by Crippen LogP contribution is 2.20. The molecule has 86 valence electrons. The summed E-state index contributed by atoms with van der Waals surface area (Å²) >= 11 is 1.30. The fourth-order valence-electron chi connectivity index (χ4n) is 1.52. The van der Waals surface area contributed by atoms with E-state index in [4.69, 9.17) is 0 Å². The molecule has 0 aliphatic carbocycles. The largest absolute Gasteiger partial charge is 0.363 e. The van der Waals surface area contributed by atoms with Crippen LogP contribution in [0.2, 0.25) is 0 Å². The van der Waals surface area contributed by atoms with Crippen LogP contribution in [0.1, 0.15) is 0 Å². The Labute approximate surface area is 101 Å². The molecule has 3 aromatic rings. The second-order valence-electron chi connectivity index (χ2n) is 3.81. The van der Waals surface area contributed by atoms with Crippen molar-refractivity contribution in [2.75, 3.05) is 19.0 Å². The molecule has 0 atom stereocenters. The number of rotatable bonds is 2. The summed E-state index contributed by atoms with van der Waals surface area (Å²) < 4.78 is 3.82. The molecule has 3 aromatic heterocycles. The van der Waals surface area contributed by atoms with Crippen LogP contribution in [-0.4, -0.2) is 38.6 Å². The van der Waals surface area contributed by atoms with Gasteiger partial charge in [-0.05, 0) is 23.7 Å². The highest BCUT2D eigenvalue weighted by Gasteiger charge is 2.09. The zero-order valence-electron chi connectivity index (χ0n) is 9.38. The maximum atomic E-state index is 4.44.